The molecule has 1 unspecified atom stereocenters. The maximum atomic E-state index is 12.4. The van der Waals surface area contributed by atoms with E-state index in [0.29, 0.717) is 16.9 Å². The zero-order valence-corrected chi connectivity index (χ0v) is 18.0. The van der Waals surface area contributed by atoms with Crippen molar-refractivity contribution in [3.8, 4) is 17.2 Å². The van der Waals surface area contributed by atoms with Crippen LogP contribution in [-0.4, -0.2) is 29.0 Å². The van der Waals surface area contributed by atoms with Gasteiger partial charge in [-0.05, 0) is 61.4 Å². The van der Waals surface area contributed by atoms with Crippen LogP contribution in [0.25, 0.3) is 11.5 Å². The predicted molar refractivity (Wildman–Crippen MR) is 117 cm³/mol. The number of ether oxygens (including phenoxy) is 1. The second-order valence-corrected chi connectivity index (χ2v) is 8.31. The fourth-order valence-corrected chi connectivity index (χ4v) is 4.29. The molecule has 0 saturated carbocycles. The van der Waals surface area contributed by atoms with Gasteiger partial charge >= 0.3 is 0 Å². The Labute approximate surface area is 180 Å². The fourth-order valence-electron chi connectivity index (χ4n) is 3.71. The Morgan fingerprint density at radius 2 is 1.97 bits per heavy atom. The van der Waals surface area contributed by atoms with Crippen molar-refractivity contribution in [3.05, 3.63) is 59.2 Å². The summed E-state index contributed by atoms with van der Waals surface area (Å²) in [7, 11) is 1.60. The van der Waals surface area contributed by atoms with Crippen molar-refractivity contribution in [2.24, 2.45) is 0 Å². The van der Waals surface area contributed by atoms with Gasteiger partial charge in [0.2, 0.25) is 5.91 Å². The SMILES string of the molecule is COc1ccccc1-c1nnc(SCC(=O)NC(C)c2ccc3c(c2)CCCC3)o1. The Kier molecular flexibility index (Phi) is 6.38. The highest BCUT2D eigenvalue weighted by Gasteiger charge is 2.17. The summed E-state index contributed by atoms with van der Waals surface area (Å²) in [6.45, 7) is 2.01. The van der Waals surface area contributed by atoms with Crippen LogP contribution in [0.5, 0.6) is 5.75 Å². The van der Waals surface area contributed by atoms with Crippen molar-refractivity contribution in [3.63, 3.8) is 0 Å². The molecule has 1 heterocycles. The number of carbonyl (C=O) groups excluding carboxylic acids is 1. The summed E-state index contributed by atoms with van der Waals surface area (Å²) < 4.78 is 11.0. The summed E-state index contributed by atoms with van der Waals surface area (Å²) in [4.78, 5) is 12.4. The number of aromatic nitrogens is 2. The maximum Gasteiger partial charge on any atom is 0.277 e. The third-order valence-corrected chi connectivity index (χ3v) is 6.14. The first-order valence-corrected chi connectivity index (χ1v) is 11.1. The molecular weight excluding hydrogens is 398 g/mol. The smallest absolute Gasteiger partial charge is 0.277 e. The van der Waals surface area contributed by atoms with Gasteiger partial charge in [-0.2, -0.15) is 0 Å². The lowest BCUT2D eigenvalue weighted by atomic mass is 9.89. The van der Waals surface area contributed by atoms with Crippen LogP contribution < -0.4 is 10.1 Å². The largest absolute Gasteiger partial charge is 0.496 e. The van der Waals surface area contributed by atoms with E-state index >= 15 is 0 Å². The maximum absolute atomic E-state index is 12.4. The van der Waals surface area contributed by atoms with Crippen LogP contribution in [0.1, 0.15) is 42.5 Å². The third-order valence-electron chi connectivity index (χ3n) is 5.32. The molecule has 1 N–H and O–H groups in total. The van der Waals surface area contributed by atoms with Gasteiger partial charge in [0.1, 0.15) is 5.75 Å². The summed E-state index contributed by atoms with van der Waals surface area (Å²) in [5.74, 6) is 1.18. The average molecular weight is 424 g/mol. The second-order valence-electron chi connectivity index (χ2n) is 7.39. The first-order valence-electron chi connectivity index (χ1n) is 10.1. The molecule has 1 aliphatic rings. The summed E-state index contributed by atoms with van der Waals surface area (Å²) in [6, 6.07) is 14.0. The number of benzene rings is 2. The van der Waals surface area contributed by atoms with Crippen LogP contribution in [-0.2, 0) is 17.6 Å². The van der Waals surface area contributed by atoms with Crippen LogP contribution in [0.4, 0.5) is 0 Å². The molecule has 30 heavy (non-hydrogen) atoms. The summed E-state index contributed by atoms with van der Waals surface area (Å²) in [6.07, 6.45) is 4.80. The van der Waals surface area contributed by atoms with Crippen LogP contribution in [0.2, 0.25) is 0 Å². The van der Waals surface area contributed by atoms with Crippen LogP contribution in [0.15, 0.2) is 52.1 Å². The number of fused-ring (bicyclic) bond motifs is 1. The molecule has 1 atom stereocenters. The van der Waals surface area contributed by atoms with Gasteiger partial charge in [-0.1, -0.05) is 42.1 Å². The minimum atomic E-state index is -0.0673. The number of rotatable bonds is 7. The van der Waals surface area contributed by atoms with Gasteiger partial charge in [-0.25, -0.2) is 0 Å². The lowest BCUT2D eigenvalue weighted by molar-refractivity contribution is -0.119. The molecule has 1 amide bonds. The lowest BCUT2D eigenvalue weighted by Crippen LogP contribution is -2.28. The van der Waals surface area contributed by atoms with Gasteiger partial charge in [0, 0.05) is 0 Å². The van der Waals surface area contributed by atoms with Gasteiger partial charge < -0.3 is 14.5 Å². The molecule has 0 spiro atoms. The molecular formula is C23H25N3O3S. The number of hydrogen-bond donors (Lipinski definition) is 1. The van der Waals surface area contributed by atoms with E-state index < -0.39 is 0 Å². The van der Waals surface area contributed by atoms with E-state index in [9.17, 15) is 4.79 Å². The number of thioether (sulfide) groups is 1. The molecule has 6 nitrogen and oxygen atoms in total. The first-order chi connectivity index (χ1) is 14.6. The first kappa shape index (κ1) is 20.5. The Morgan fingerprint density at radius 3 is 2.80 bits per heavy atom. The molecule has 0 bridgehead atoms. The predicted octanol–water partition coefficient (Wildman–Crippen LogP) is 4.59. The molecule has 7 heteroatoms. The van der Waals surface area contributed by atoms with Gasteiger partial charge in [0.05, 0.1) is 24.5 Å². The van der Waals surface area contributed by atoms with Crippen LogP contribution in [0, 0.1) is 0 Å². The monoisotopic (exact) mass is 423 g/mol. The minimum absolute atomic E-state index is 0.0443. The van der Waals surface area contributed by atoms with Gasteiger partial charge in [0.15, 0.2) is 0 Å². The number of aryl methyl sites for hydroxylation is 2. The topological polar surface area (TPSA) is 77.2 Å². The molecule has 2 aromatic carbocycles. The van der Waals surface area contributed by atoms with Crippen LogP contribution in [0.3, 0.4) is 0 Å². The Morgan fingerprint density at radius 1 is 1.17 bits per heavy atom. The molecule has 4 rings (SSSR count). The number of methoxy groups -OCH3 is 1. The molecule has 0 radical (unpaired) electrons. The standard InChI is InChI=1S/C23H25N3O3S/c1-15(17-12-11-16-7-3-4-8-18(16)13-17)24-21(27)14-30-23-26-25-22(29-23)19-9-5-6-10-20(19)28-2/h5-6,9-13,15H,3-4,7-8,14H2,1-2H3,(H,24,27). The van der Waals surface area contributed by atoms with E-state index in [4.69, 9.17) is 9.15 Å². The zero-order valence-electron chi connectivity index (χ0n) is 17.2. The summed E-state index contributed by atoms with van der Waals surface area (Å²) >= 11 is 1.22. The highest BCUT2D eigenvalue weighted by molar-refractivity contribution is 7.99. The number of carbonyl (C=O) groups is 1. The number of para-hydroxylation sites is 1. The molecule has 1 aromatic heterocycles. The van der Waals surface area contributed by atoms with E-state index in [1.165, 1.54) is 35.7 Å². The Balaban J connectivity index is 1.33. The van der Waals surface area contributed by atoms with Gasteiger partial charge in [-0.15, -0.1) is 10.2 Å². The Bertz CT molecular complexity index is 1030. The average Bonchev–Trinajstić information content (AvgIpc) is 3.26. The quantitative estimate of drug-likeness (QED) is 0.560. The summed E-state index contributed by atoms with van der Waals surface area (Å²) in [5.41, 5.74) is 4.74. The van der Waals surface area contributed by atoms with Crippen molar-refractivity contribution in [2.75, 3.05) is 12.9 Å². The normalized spacial score (nSPS) is 14.1. The van der Waals surface area contributed by atoms with E-state index in [1.807, 2.05) is 31.2 Å². The molecule has 0 saturated heterocycles. The van der Waals surface area contributed by atoms with Gasteiger partial charge in [-0.3, -0.25) is 4.79 Å². The van der Waals surface area contributed by atoms with E-state index in [1.54, 1.807) is 7.11 Å². The van der Waals surface area contributed by atoms with E-state index in [2.05, 4.69) is 33.7 Å². The molecule has 3 aromatic rings. The molecule has 0 aliphatic heterocycles. The highest BCUT2D eigenvalue weighted by Crippen LogP contribution is 2.30. The second kappa shape index (κ2) is 9.34. The Hall–Kier alpha value is -2.80. The zero-order chi connectivity index (χ0) is 20.9. The van der Waals surface area contributed by atoms with E-state index in [0.717, 1.165) is 24.0 Å². The molecule has 156 valence electrons. The van der Waals surface area contributed by atoms with Crippen molar-refractivity contribution < 1.29 is 13.9 Å². The number of amides is 1. The highest BCUT2D eigenvalue weighted by atomic mass is 32.2. The van der Waals surface area contributed by atoms with Gasteiger partial charge in [0.25, 0.3) is 11.1 Å². The van der Waals surface area contributed by atoms with Crippen molar-refractivity contribution in [2.45, 2.75) is 43.9 Å². The van der Waals surface area contributed by atoms with Crippen LogP contribution >= 0.6 is 11.8 Å². The van der Waals surface area contributed by atoms with E-state index in [-0.39, 0.29) is 17.7 Å². The van der Waals surface area contributed by atoms with Crippen molar-refractivity contribution >= 4 is 17.7 Å². The summed E-state index contributed by atoms with van der Waals surface area (Å²) in [5, 5.41) is 11.5. The number of hydrogen-bond acceptors (Lipinski definition) is 6. The lowest BCUT2D eigenvalue weighted by Gasteiger charge is -2.20. The molecule has 1 aliphatic carbocycles. The number of nitrogens with one attached hydrogen (secondary N) is 1. The molecule has 0 fully saturated rings. The van der Waals surface area contributed by atoms with Crippen molar-refractivity contribution in [1.82, 2.24) is 15.5 Å². The number of nitrogens with zero attached hydrogens (tertiary/aromatic N) is 2. The third kappa shape index (κ3) is 4.67. The fraction of sp³-hybridized carbons (Fsp3) is 0.348. The minimum Gasteiger partial charge on any atom is -0.496 e. The van der Waals surface area contributed by atoms with Crippen molar-refractivity contribution in [1.29, 1.82) is 0 Å².